The van der Waals surface area contributed by atoms with Crippen molar-refractivity contribution in [3.05, 3.63) is 5.69 Å². The van der Waals surface area contributed by atoms with Gasteiger partial charge in [0.1, 0.15) is 5.82 Å². The molecule has 1 aromatic heterocycles. The minimum Gasteiger partial charge on any atom is -0.394 e. The van der Waals surface area contributed by atoms with E-state index in [1.165, 1.54) is 0 Å². The van der Waals surface area contributed by atoms with Crippen LogP contribution in [-0.2, 0) is 11.8 Å². The Bertz CT molecular complexity index is 419. The Morgan fingerprint density at radius 1 is 1.37 bits per heavy atom. The minimum atomic E-state index is 0.362. The molecule has 0 aromatic carbocycles. The summed E-state index contributed by atoms with van der Waals surface area (Å²) in [5.41, 5.74) is 8.12. The first-order chi connectivity index (χ1) is 9.04. The van der Waals surface area contributed by atoms with Crippen molar-refractivity contribution in [1.29, 1.82) is 0 Å². The van der Waals surface area contributed by atoms with E-state index in [1.54, 1.807) is 0 Å². The third-order valence-corrected chi connectivity index (χ3v) is 3.77. The molecule has 0 bridgehead atoms. The summed E-state index contributed by atoms with van der Waals surface area (Å²) in [6.45, 7) is 9.10. The Kier molecular flexibility index (Phi) is 4.34. The molecule has 108 valence electrons. The van der Waals surface area contributed by atoms with Gasteiger partial charge in [-0.2, -0.15) is 5.10 Å². The molecule has 5 heteroatoms. The molecule has 0 atom stereocenters. The lowest BCUT2D eigenvalue weighted by atomic mass is 10.1. The lowest BCUT2D eigenvalue weighted by Crippen LogP contribution is -2.38. The number of nitrogens with two attached hydrogens (primary N) is 1. The first kappa shape index (κ1) is 14.2. The van der Waals surface area contributed by atoms with Gasteiger partial charge in [-0.3, -0.25) is 4.68 Å². The van der Waals surface area contributed by atoms with Crippen LogP contribution in [0.25, 0.3) is 0 Å². The summed E-state index contributed by atoms with van der Waals surface area (Å²) in [5, 5.41) is 4.56. The number of anilines is 2. The fourth-order valence-corrected chi connectivity index (χ4v) is 2.82. The average molecular weight is 266 g/mol. The summed E-state index contributed by atoms with van der Waals surface area (Å²) in [6.07, 6.45) is 2.53. The Morgan fingerprint density at radius 3 is 2.47 bits per heavy atom. The van der Waals surface area contributed by atoms with Crippen molar-refractivity contribution in [1.82, 2.24) is 9.78 Å². The van der Waals surface area contributed by atoms with Gasteiger partial charge in [-0.1, -0.05) is 13.8 Å². The third kappa shape index (κ3) is 2.86. The molecule has 19 heavy (non-hydrogen) atoms. The van der Waals surface area contributed by atoms with E-state index in [-0.39, 0.29) is 0 Å². The van der Waals surface area contributed by atoms with Crippen LogP contribution in [0.5, 0.6) is 0 Å². The molecule has 0 unspecified atom stereocenters. The molecule has 1 aliphatic rings. The highest BCUT2D eigenvalue weighted by molar-refractivity contribution is 5.67. The maximum atomic E-state index is 6.27. The van der Waals surface area contributed by atoms with Crippen molar-refractivity contribution in [2.24, 2.45) is 7.05 Å². The highest BCUT2D eigenvalue weighted by Crippen LogP contribution is 2.32. The van der Waals surface area contributed by atoms with E-state index in [1.807, 2.05) is 11.7 Å². The van der Waals surface area contributed by atoms with Gasteiger partial charge in [0.15, 0.2) is 0 Å². The lowest BCUT2D eigenvalue weighted by Gasteiger charge is -2.33. The molecule has 2 N–H and O–H groups in total. The van der Waals surface area contributed by atoms with Gasteiger partial charge in [-0.25, -0.2) is 0 Å². The van der Waals surface area contributed by atoms with Crippen molar-refractivity contribution < 1.29 is 4.74 Å². The summed E-state index contributed by atoms with van der Waals surface area (Å²) in [4.78, 5) is 2.34. The number of aryl methyl sites for hydroxylation is 1. The van der Waals surface area contributed by atoms with E-state index < -0.39 is 0 Å². The summed E-state index contributed by atoms with van der Waals surface area (Å²) in [5.74, 6) is 1.43. The summed E-state index contributed by atoms with van der Waals surface area (Å²) in [7, 11) is 1.98. The molecular weight excluding hydrogens is 240 g/mol. The number of hydrogen-bond donors (Lipinski definition) is 1. The maximum Gasteiger partial charge on any atom is 0.150 e. The number of ether oxygens (including phenoxy) is 1. The molecule has 1 aromatic rings. The number of piperidine rings is 1. The molecule has 0 spiro atoms. The normalized spacial score (nSPS) is 17.4. The van der Waals surface area contributed by atoms with Crippen LogP contribution in [0.3, 0.4) is 0 Å². The van der Waals surface area contributed by atoms with Gasteiger partial charge in [-0.15, -0.1) is 0 Å². The first-order valence-corrected chi connectivity index (χ1v) is 7.23. The zero-order chi connectivity index (χ0) is 14.0. The number of nitrogens with zero attached hydrogens (tertiary/aromatic N) is 3. The molecule has 1 saturated heterocycles. The van der Waals surface area contributed by atoms with Crippen LogP contribution in [0.4, 0.5) is 11.5 Å². The smallest absolute Gasteiger partial charge is 0.150 e. The van der Waals surface area contributed by atoms with Crippen molar-refractivity contribution >= 4 is 11.5 Å². The van der Waals surface area contributed by atoms with Gasteiger partial charge in [-0.05, 0) is 25.7 Å². The summed E-state index contributed by atoms with van der Waals surface area (Å²) < 4.78 is 7.61. The molecule has 5 nitrogen and oxygen atoms in total. The van der Waals surface area contributed by atoms with Crippen LogP contribution >= 0.6 is 0 Å². The van der Waals surface area contributed by atoms with Gasteiger partial charge < -0.3 is 15.4 Å². The van der Waals surface area contributed by atoms with Gasteiger partial charge in [0.05, 0.1) is 17.5 Å². The maximum absolute atomic E-state index is 6.27. The number of hydrogen-bond acceptors (Lipinski definition) is 4. The van der Waals surface area contributed by atoms with Crippen LogP contribution in [0.1, 0.15) is 45.2 Å². The highest BCUT2D eigenvalue weighted by atomic mass is 16.5. The average Bonchev–Trinajstić information content (AvgIpc) is 2.67. The zero-order valence-corrected chi connectivity index (χ0v) is 12.5. The van der Waals surface area contributed by atoms with Crippen LogP contribution in [0, 0.1) is 0 Å². The quantitative estimate of drug-likeness (QED) is 0.907. The second-order valence-corrected chi connectivity index (χ2v) is 5.54. The predicted octanol–water partition coefficient (Wildman–Crippen LogP) is 2.13. The zero-order valence-electron chi connectivity index (χ0n) is 12.5. The Hall–Kier alpha value is -1.23. The van der Waals surface area contributed by atoms with Crippen molar-refractivity contribution in [3.8, 4) is 0 Å². The Morgan fingerprint density at radius 2 is 2.00 bits per heavy atom. The lowest BCUT2D eigenvalue weighted by molar-refractivity contribution is 0.0457. The van der Waals surface area contributed by atoms with E-state index in [2.05, 4.69) is 30.8 Å². The third-order valence-electron chi connectivity index (χ3n) is 3.77. The molecule has 0 saturated carbocycles. The van der Waals surface area contributed by atoms with E-state index in [4.69, 9.17) is 10.5 Å². The van der Waals surface area contributed by atoms with E-state index >= 15 is 0 Å². The standard InChI is InChI=1S/C14H26N4O/c1-5-19-11-6-8-18(9-7-11)14-12(15)13(10(2)3)16-17(14)4/h10-11H,5-9,15H2,1-4H3. The highest BCUT2D eigenvalue weighted by Gasteiger charge is 2.25. The minimum absolute atomic E-state index is 0.362. The second-order valence-electron chi connectivity index (χ2n) is 5.54. The number of aromatic nitrogens is 2. The topological polar surface area (TPSA) is 56.3 Å². The monoisotopic (exact) mass is 266 g/mol. The van der Waals surface area contributed by atoms with Crippen molar-refractivity contribution in [2.45, 2.75) is 45.6 Å². The molecule has 1 fully saturated rings. The van der Waals surface area contributed by atoms with Crippen LogP contribution in [0.15, 0.2) is 0 Å². The molecular formula is C14H26N4O. The Labute approximate surface area is 115 Å². The predicted molar refractivity (Wildman–Crippen MR) is 78.6 cm³/mol. The number of nitrogen functional groups attached to an aromatic ring is 1. The molecule has 2 rings (SSSR count). The van der Waals surface area contributed by atoms with Crippen LogP contribution in [-0.4, -0.2) is 35.6 Å². The fourth-order valence-electron chi connectivity index (χ4n) is 2.82. The molecule has 2 heterocycles. The number of rotatable bonds is 4. The van der Waals surface area contributed by atoms with E-state index in [0.29, 0.717) is 12.0 Å². The van der Waals surface area contributed by atoms with Gasteiger partial charge in [0.2, 0.25) is 0 Å². The largest absolute Gasteiger partial charge is 0.394 e. The summed E-state index contributed by atoms with van der Waals surface area (Å²) >= 11 is 0. The Balaban J connectivity index is 2.11. The van der Waals surface area contributed by atoms with Crippen LogP contribution in [0.2, 0.25) is 0 Å². The van der Waals surface area contributed by atoms with Gasteiger partial charge in [0.25, 0.3) is 0 Å². The van der Waals surface area contributed by atoms with Crippen molar-refractivity contribution in [3.63, 3.8) is 0 Å². The fraction of sp³-hybridized carbons (Fsp3) is 0.786. The first-order valence-electron chi connectivity index (χ1n) is 7.23. The van der Waals surface area contributed by atoms with E-state index in [0.717, 1.165) is 49.7 Å². The molecule has 0 amide bonds. The molecule has 0 radical (unpaired) electrons. The van der Waals surface area contributed by atoms with E-state index in [9.17, 15) is 0 Å². The van der Waals surface area contributed by atoms with Crippen molar-refractivity contribution in [2.75, 3.05) is 30.3 Å². The second kappa shape index (κ2) is 5.82. The van der Waals surface area contributed by atoms with Gasteiger partial charge in [0, 0.05) is 26.7 Å². The van der Waals surface area contributed by atoms with Gasteiger partial charge >= 0.3 is 0 Å². The SMILES string of the molecule is CCOC1CCN(c2c(N)c(C(C)C)nn2C)CC1. The van der Waals surface area contributed by atoms with Crippen LogP contribution < -0.4 is 10.6 Å². The molecule has 0 aliphatic carbocycles. The summed E-state index contributed by atoms with van der Waals surface area (Å²) in [6, 6.07) is 0. The molecule has 1 aliphatic heterocycles.